The highest BCUT2D eigenvalue weighted by Gasteiger charge is 2.07. The number of nitrogens with zero attached hydrogens (tertiary/aromatic N) is 2. The van der Waals surface area contributed by atoms with Gasteiger partial charge in [0, 0.05) is 24.2 Å². The summed E-state index contributed by atoms with van der Waals surface area (Å²) < 4.78 is 22.7. The molecular weight excluding hydrogens is 248 g/mol. The van der Waals surface area contributed by atoms with Crippen molar-refractivity contribution in [3.63, 3.8) is 0 Å². The van der Waals surface area contributed by atoms with Gasteiger partial charge in [0.25, 0.3) is 0 Å². The van der Waals surface area contributed by atoms with E-state index >= 15 is 0 Å². The minimum Gasteiger partial charge on any atom is -0.263 e. The third-order valence-corrected chi connectivity index (χ3v) is 3.61. The fraction of sp³-hybridized carbons (Fsp3) is 0.0769. The second-order valence-electron chi connectivity index (χ2n) is 3.87. The van der Waals surface area contributed by atoms with Crippen molar-refractivity contribution in [2.45, 2.75) is 4.90 Å². The Morgan fingerprint density at radius 2 is 1.78 bits per heavy atom. The predicted octanol–water partition coefficient (Wildman–Crippen LogP) is 2.02. The lowest BCUT2D eigenvalue weighted by Gasteiger charge is -2.03. The molecule has 0 spiro atoms. The molecule has 0 aliphatic rings. The van der Waals surface area contributed by atoms with Gasteiger partial charge in [-0.2, -0.15) is 5.26 Å². The van der Waals surface area contributed by atoms with Crippen LogP contribution in [-0.2, 0) is 9.84 Å². The number of hydrogen-bond acceptors (Lipinski definition) is 4. The van der Waals surface area contributed by atoms with Gasteiger partial charge in [-0.15, -0.1) is 0 Å². The maximum atomic E-state index is 11.3. The predicted molar refractivity (Wildman–Crippen MR) is 67.5 cm³/mol. The summed E-state index contributed by atoms with van der Waals surface area (Å²) in [6, 6.07) is 10.2. The van der Waals surface area contributed by atoms with Gasteiger partial charge >= 0.3 is 0 Å². The van der Waals surface area contributed by atoms with Crippen molar-refractivity contribution in [2.24, 2.45) is 0 Å². The first kappa shape index (κ1) is 12.3. The van der Waals surface area contributed by atoms with Gasteiger partial charge in [-0.05, 0) is 23.8 Å². The van der Waals surface area contributed by atoms with E-state index in [1.807, 2.05) is 6.07 Å². The van der Waals surface area contributed by atoms with Crippen LogP contribution in [-0.4, -0.2) is 19.7 Å². The van der Waals surface area contributed by atoms with E-state index in [9.17, 15) is 8.42 Å². The summed E-state index contributed by atoms with van der Waals surface area (Å²) in [7, 11) is -3.18. The maximum absolute atomic E-state index is 11.3. The van der Waals surface area contributed by atoms with Gasteiger partial charge in [-0.3, -0.25) is 4.98 Å². The molecule has 0 amide bonds. The molecule has 0 unspecified atom stereocenters. The Kier molecular flexibility index (Phi) is 3.13. The van der Waals surface area contributed by atoms with Gasteiger partial charge in [0.1, 0.15) is 6.07 Å². The standard InChI is InChI=1S/C13H10N2O2S/c1-18(16,17)13-4-2-11(3-5-13)12-6-10(7-14)8-15-9-12/h2-6,8-9H,1H3. The second-order valence-corrected chi connectivity index (χ2v) is 5.89. The van der Waals surface area contributed by atoms with E-state index < -0.39 is 9.84 Å². The largest absolute Gasteiger partial charge is 0.263 e. The van der Waals surface area contributed by atoms with E-state index in [0.717, 1.165) is 11.1 Å². The molecule has 4 nitrogen and oxygen atoms in total. The normalized spacial score (nSPS) is 10.9. The summed E-state index contributed by atoms with van der Waals surface area (Å²) in [4.78, 5) is 4.24. The molecule has 18 heavy (non-hydrogen) atoms. The van der Waals surface area contributed by atoms with Crippen molar-refractivity contribution in [2.75, 3.05) is 6.26 Å². The molecule has 0 saturated carbocycles. The monoisotopic (exact) mass is 258 g/mol. The molecule has 0 saturated heterocycles. The molecule has 5 heteroatoms. The Morgan fingerprint density at radius 1 is 1.11 bits per heavy atom. The van der Waals surface area contributed by atoms with Crippen LogP contribution in [0.4, 0.5) is 0 Å². The van der Waals surface area contributed by atoms with Crippen molar-refractivity contribution in [3.05, 3.63) is 48.3 Å². The van der Waals surface area contributed by atoms with E-state index in [1.165, 1.54) is 12.5 Å². The molecule has 2 rings (SSSR count). The zero-order chi connectivity index (χ0) is 13.2. The fourth-order valence-corrected chi connectivity index (χ4v) is 2.18. The molecule has 0 atom stereocenters. The molecule has 0 aliphatic heterocycles. The van der Waals surface area contributed by atoms with Gasteiger partial charge < -0.3 is 0 Å². The van der Waals surface area contributed by atoms with E-state index in [-0.39, 0.29) is 4.90 Å². The summed E-state index contributed by atoms with van der Waals surface area (Å²) in [5, 5.41) is 8.79. The van der Waals surface area contributed by atoms with E-state index in [4.69, 9.17) is 5.26 Å². The van der Waals surface area contributed by atoms with Gasteiger partial charge in [0.05, 0.1) is 10.5 Å². The van der Waals surface area contributed by atoms with Crippen LogP contribution < -0.4 is 0 Å². The number of hydrogen-bond donors (Lipinski definition) is 0. The van der Waals surface area contributed by atoms with Crippen LogP contribution in [0, 0.1) is 11.3 Å². The molecule has 0 aliphatic carbocycles. The van der Waals surface area contributed by atoms with Gasteiger partial charge in [0.2, 0.25) is 0 Å². The second kappa shape index (κ2) is 4.59. The van der Waals surface area contributed by atoms with Crippen LogP contribution in [0.15, 0.2) is 47.6 Å². The molecule has 0 bridgehead atoms. The first-order chi connectivity index (χ1) is 8.50. The average Bonchev–Trinajstić information content (AvgIpc) is 2.38. The summed E-state index contributed by atoms with van der Waals surface area (Å²) in [5.74, 6) is 0. The molecule has 1 aromatic carbocycles. The maximum Gasteiger partial charge on any atom is 0.175 e. The molecule has 0 fully saturated rings. The zero-order valence-corrected chi connectivity index (χ0v) is 10.5. The molecule has 0 N–H and O–H groups in total. The molecule has 1 heterocycles. The van der Waals surface area contributed by atoms with Crippen LogP contribution in [0.2, 0.25) is 0 Å². The lowest BCUT2D eigenvalue weighted by molar-refractivity contribution is 0.602. The third kappa shape index (κ3) is 2.55. The van der Waals surface area contributed by atoms with Crippen molar-refractivity contribution < 1.29 is 8.42 Å². The van der Waals surface area contributed by atoms with Crippen molar-refractivity contribution in [1.29, 1.82) is 5.26 Å². The Hall–Kier alpha value is -2.19. The van der Waals surface area contributed by atoms with Crippen LogP contribution >= 0.6 is 0 Å². The minimum absolute atomic E-state index is 0.274. The molecule has 2 aromatic rings. The van der Waals surface area contributed by atoms with E-state index in [2.05, 4.69) is 4.98 Å². The molecule has 1 aromatic heterocycles. The lowest BCUT2D eigenvalue weighted by Crippen LogP contribution is -1.96. The van der Waals surface area contributed by atoms with Gasteiger partial charge in [0.15, 0.2) is 9.84 Å². The number of sulfone groups is 1. The highest BCUT2D eigenvalue weighted by molar-refractivity contribution is 7.90. The Balaban J connectivity index is 2.44. The zero-order valence-electron chi connectivity index (χ0n) is 9.66. The van der Waals surface area contributed by atoms with E-state index in [1.54, 1.807) is 36.5 Å². The van der Waals surface area contributed by atoms with Crippen molar-refractivity contribution >= 4 is 9.84 Å². The quantitative estimate of drug-likeness (QED) is 0.826. The molecule has 0 radical (unpaired) electrons. The topological polar surface area (TPSA) is 70.8 Å². The van der Waals surface area contributed by atoms with Crippen LogP contribution in [0.5, 0.6) is 0 Å². The summed E-state index contributed by atoms with van der Waals surface area (Å²) in [5.41, 5.74) is 2.08. The highest BCUT2D eigenvalue weighted by Crippen LogP contribution is 2.21. The SMILES string of the molecule is CS(=O)(=O)c1ccc(-c2cncc(C#N)c2)cc1. The van der Waals surface area contributed by atoms with Crippen LogP contribution in [0.25, 0.3) is 11.1 Å². The van der Waals surface area contributed by atoms with Crippen molar-refractivity contribution in [1.82, 2.24) is 4.98 Å². The molecule has 90 valence electrons. The number of pyridine rings is 1. The van der Waals surface area contributed by atoms with Gasteiger partial charge in [-0.1, -0.05) is 12.1 Å². The molecular formula is C13H10N2O2S. The number of nitriles is 1. The number of rotatable bonds is 2. The Bertz CT molecular complexity index is 713. The number of aromatic nitrogens is 1. The highest BCUT2D eigenvalue weighted by atomic mass is 32.2. The first-order valence-electron chi connectivity index (χ1n) is 5.16. The first-order valence-corrected chi connectivity index (χ1v) is 7.05. The summed E-state index contributed by atoms with van der Waals surface area (Å²) in [6.07, 6.45) is 4.28. The van der Waals surface area contributed by atoms with Gasteiger partial charge in [-0.25, -0.2) is 8.42 Å². The summed E-state index contributed by atoms with van der Waals surface area (Å²) in [6.45, 7) is 0. The van der Waals surface area contributed by atoms with E-state index in [0.29, 0.717) is 5.56 Å². The number of benzene rings is 1. The van der Waals surface area contributed by atoms with Crippen LogP contribution in [0.3, 0.4) is 0 Å². The van der Waals surface area contributed by atoms with Crippen molar-refractivity contribution in [3.8, 4) is 17.2 Å². The summed E-state index contributed by atoms with van der Waals surface area (Å²) >= 11 is 0. The minimum atomic E-state index is -3.18. The third-order valence-electron chi connectivity index (χ3n) is 2.48. The van der Waals surface area contributed by atoms with Crippen LogP contribution in [0.1, 0.15) is 5.56 Å². The Labute approximate surface area is 105 Å². The fourth-order valence-electron chi connectivity index (χ4n) is 1.55. The smallest absolute Gasteiger partial charge is 0.175 e. The average molecular weight is 258 g/mol. The Morgan fingerprint density at radius 3 is 2.33 bits per heavy atom. The lowest BCUT2D eigenvalue weighted by atomic mass is 10.1.